The van der Waals surface area contributed by atoms with Crippen molar-refractivity contribution < 1.29 is 14.4 Å². The summed E-state index contributed by atoms with van der Waals surface area (Å²) >= 11 is 0. The predicted octanol–water partition coefficient (Wildman–Crippen LogP) is 2.97. The van der Waals surface area contributed by atoms with E-state index in [4.69, 9.17) is 4.52 Å². The number of hydrogen-bond acceptors (Lipinski definition) is 4. The average Bonchev–Trinajstić information content (AvgIpc) is 2.75. The number of aromatic nitrogens is 1. The number of carbonyl (C=O) groups is 1. The van der Waals surface area contributed by atoms with Gasteiger partial charge in [-0.2, -0.15) is 0 Å². The topological polar surface area (TPSA) is 66.6 Å². The van der Waals surface area contributed by atoms with Crippen molar-refractivity contribution in [1.29, 1.82) is 0 Å². The highest BCUT2D eigenvalue weighted by atomic mass is 16.5. The Balaban J connectivity index is 1.46. The Morgan fingerprint density at radius 1 is 1.29 bits per heavy atom. The van der Waals surface area contributed by atoms with Crippen molar-refractivity contribution in [2.45, 2.75) is 70.9 Å². The lowest BCUT2D eigenvalue weighted by Gasteiger charge is -2.60. The molecular formula is C19H28N2O3. The predicted molar refractivity (Wildman–Crippen MR) is 89.1 cm³/mol. The Morgan fingerprint density at radius 2 is 1.96 bits per heavy atom. The minimum Gasteiger partial charge on any atom is -0.390 e. The Kier molecular flexibility index (Phi) is 3.57. The number of aryl methyl sites for hydroxylation is 2. The van der Waals surface area contributed by atoms with Crippen LogP contribution in [0.25, 0.3) is 0 Å². The summed E-state index contributed by atoms with van der Waals surface area (Å²) < 4.78 is 5.20. The van der Waals surface area contributed by atoms with E-state index >= 15 is 0 Å². The normalized spacial score (nSPS) is 37.0. The van der Waals surface area contributed by atoms with Gasteiger partial charge in [0.05, 0.1) is 17.8 Å². The SMILES string of the molecule is Cc1noc(C)c1CN(C)C(=O)CC12C[C@H]3C[C@@H](CC(O)(C3)C1)C2. The first-order valence-electron chi connectivity index (χ1n) is 9.16. The molecule has 0 unspecified atom stereocenters. The number of nitrogens with zero attached hydrogens (tertiary/aromatic N) is 2. The van der Waals surface area contributed by atoms with E-state index in [1.54, 1.807) is 4.90 Å². The van der Waals surface area contributed by atoms with Gasteiger partial charge in [0, 0.05) is 19.0 Å². The van der Waals surface area contributed by atoms with Crippen molar-refractivity contribution in [3.05, 3.63) is 17.0 Å². The molecule has 4 bridgehead atoms. The monoisotopic (exact) mass is 332 g/mol. The van der Waals surface area contributed by atoms with Crippen LogP contribution < -0.4 is 0 Å². The van der Waals surface area contributed by atoms with Gasteiger partial charge in [0.25, 0.3) is 0 Å². The first kappa shape index (κ1) is 16.1. The largest absolute Gasteiger partial charge is 0.390 e. The standard InChI is InChI=1S/C19H28N2O3/c1-12-16(13(2)24-20-12)10-21(3)17(22)9-18-5-14-4-15(6-18)8-19(23,7-14)11-18/h14-15,23H,4-11H2,1-3H3/t14-,15-,18?,19?/m1/s1. The van der Waals surface area contributed by atoms with Crippen LogP contribution in [0.15, 0.2) is 4.52 Å². The van der Waals surface area contributed by atoms with Crippen LogP contribution >= 0.6 is 0 Å². The number of carbonyl (C=O) groups excluding carboxylic acids is 1. The minimum atomic E-state index is -0.495. The van der Waals surface area contributed by atoms with E-state index in [9.17, 15) is 9.90 Å². The van der Waals surface area contributed by atoms with Gasteiger partial charge in [-0.15, -0.1) is 0 Å². The second-order valence-electron chi connectivity index (χ2n) is 8.91. The Labute approximate surface area is 143 Å². The van der Waals surface area contributed by atoms with Crippen LogP contribution in [0.5, 0.6) is 0 Å². The van der Waals surface area contributed by atoms with Crippen molar-refractivity contribution in [3.63, 3.8) is 0 Å². The van der Waals surface area contributed by atoms with Crippen molar-refractivity contribution in [3.8, 4) is 0 Å². The smallest absolute Gasteiger partial charge is 0.223 e. The van der Waals surface area contributed by atoms with Crippen LogP contribution in [0.3, 0.4) is 0 Å². The third kappa shape index (κ3) is 2.67. The summed E-state index contributed by atoms with van der Waals surface area (Å²) in [5.74, 6) is 2.21. The third-order valence-electron chi connectivity index (χ3n) is 6.68. The van der Waals surface area contributed by atoms with Gasteiger partial charge >= 0.3 is 0 Å². The van der Waals surface area contributed by atoms with E-state index in [2.05, 4.69) is 5.16 Å². The molecule has 1 amide bonds. The molecular weight excluding hydrogens is 304 g/mol. The Hall–Kier alpha value is -1.36. The van der Waals surface area contributed by atoms with E-state index in [1.807, 2.05) is 20.9 Å². The summed E-state index contributed by atoms with van der Waals surface area (Å²) in [6.45, 7) is 4.36. The van der Waals surface area contributed by atoms with Gasteiger partial charge in [0.15, 0.2) is 0 Å². The molecule has 4 aliphatic rings. The van der Waals surface area contributed by atoms with Gasteiger partial charge < -0.3 is 14.5 Å². The Bertz CT molecular complexity index is 632. The van der Waals surface area contributed by atoms with Crippen LogP contribution in [0.4, 0.5) is 0 Å². The van der Waals surface area contributed by atoms with Crippen LogP contribution in [0.1, 0.15) is 62.0 Å². The first-order chi connectivity index (χ1) is 11.3. The summed E-state index contributed by atoms with van der Waals surface area (Å²) in [4.78, 5) is 14.7. The second kappa shape index (κ2) is 5.32. The Morgan fingerprint density at radius 3 is 2.50 bits per heavy atom. The number of aliphatic hydroxyl groups is 1. The molecule has 5 rings (SSSR count). The summed E-state index contributed by atoms with van der Waals surface area (Å²) in [7, 11) is 1.86. The van der Waals surface area contributed by atoms with Crippen molar-refractivity contribution in [2.24, 2.45) is 17.3 Å². The van der Waals surface area contributed by atoms with E-state index < -0.39 is 5.60 Å². The van der Waals surface area contributed by atoms with Crippen LogP contribution in [0, 0.1) is 31.1 Å². The maximum Gasteiger partial charge on any atom is 0.223 e. The fourth-order valence-electron chi connectivity index (χ4n) is 6.12. The van der Waals surface area contributed by atoms with Crippen molar-refractivity contribution >= 4 is 5.91 Å². The molecule has 4 saturated carbocycles. The van der Waals surface area contributed by atoms with Gasteiger partial charge in [-0.05, 0) is 69.6 Å². The fourth-order valence-corrected chi connectivity index (χ4v) is 6.12. The van der Waals surface area contributed by atoms with Crippen LogP contribution in [-0.4, -0.2) is 33.7 Å². The highest BCUT2D eigenvalue weighted by Gasteiger charge is 2.57. The lowest BCUT2D eigenvalue weighted by atomic mass is 9.47. The average molecular weight is 332 g/mol. The molecule has 0 aromatic carbocycles. The molecule has 1 aromatic rings. The zero-order chi connectivity index (χ0) is 17.1. The molecule has 24 heavy (non-hydrogen) atoms. The van der Waals surface area contributed by atoms with Crippen LogP contribution in [0.2, 0.25) is 0 Å². The molecule has 2 atom stereocenters. The molecule has 4 fully saturated rings. The molecule has 1 aromatic heterocycles. The van der Waals surface area contributed by atoms with Gasteiger partial charge in [-0.25, -0.2) is 0 Å². The highest BCUT2D eigenvalue weighted by molar-refractivity contribution is 5.76. The van der Waals surface area contributed by atoms with Crippen molar-refractivity contribution in [1.82, 2.24) is 10.1 Å². The number of rotatable bonds is 4. The molecule has 1 heterocycles. The third-order valence-corrected chi connectivity index (χ3v) is 6.68. The molecule has 0 aliphatic heterocycles. The van der Waals surface area contributed by atoms with Gasteiger partial charge in [-0.1, -0.05) is 5.16 Å². The molecule has 0 saturated heterocycles. The van der Waals surface area contributed by atoms with Gasteiger partial charge in [0.1, 0.15) is 5.76 Å². The molecule has 1 N–H and O–H groups in total. The number of amides is 1. The van der Waals surface area contributed by atoms with E-state index in [-0.39, 0.29) is 11.3 Å². The molecule has 0 spiro atoms. The van der Waals surface area contributed by atoms with Gasteiger partial charge in [0.2, 0.25) is 5.91 Å². The maximum atomic E-state index is 12.9. The lowest BCUT2D eigenvalue weighted by Crippen LogP contribution is -2.56. The first-order valence-corrected chi connectivity index (χ1v) is 9.16. The van der Waals surface area contributed by atoms with E-state index in [1.165, 1.54) is 6.42 Å². The minimum absolute atomic E-state index is 0.0307. The zero-order valence-corrected chi connectivity index (χ0v) is 15.0. The fraction of sp³-hybridized carbons (Fsp3) is 0.789. The summed E-state index contributed by atoms with van der Waals surface area (Å²) in [6.07, 6.45) is 6.80. The number of hydrogen-bond donors (Lipinski definition) is 1. The quantitative estimate of drug-likeness (QED) is 0.920. The zero-order valence-electron chi connectivity index (χ0n) is 15.0. The summed E-state index contributed by atoms with van der Waals surface area (Å²) in [5, 5.41) is 14.8. The van der Waals surface area contributed by atoms with Crippen molar-refractivity contribution in [2.75, 3.05) is 7.05 Å². The van der Waals surface area contributed by atoms with Gasteiger partial charge in [-0.3, -0.25) is 4.79 Å². The van der Waals surface area contributed by atoms with Crippen LogP contribution in [-0.2, 0) is 11.3 Å². The molecule has 4 aliphatic carbocycles. The lowest BCUT2D eigenvalue weighted by molar-refractivity contribution is -0.171. The molecule has 132 valence electrons. The van der Waals surface area contributed by atoms with E-state index in [0.29, 0.717) is 24.8 Å². The molecule has 0 radical (unpaired) electrons. The second-order valence-corrected chi connectivity index (χ2v) is 8.91. The highest BCUT2D eigenvalue weighted by Crippen LogP contribution is 2.62. The van der Waals surface area contributed by atoms with E-state index in [0.717, 1.165) is 49.1 Å². The molecule has 5 heteroatoms. The summed E-state index contributed by atoms with van der Waals surface area (Å²) in [6, 6.07) is 0. The maximum absolute atomic E-state index is 12.9. The molecule has 5 nitrogen and oxygen atoms in total. The summed E-state index contributed by atoms with van der Waals surface area (Å²) in [5.41, 5.74) is 1.40.